The van der Waals surface area contributed by atoms with Gasteiger partial charge in [-0.05, 0) is 45.4 Å². The predicted octanol–water partition coefficient (Wildman–Crippen LogP) is 2.18. The second-order valence-corrected chi connectivity index (χ2v) is 5.87. The van der Waals surface area contributed by atoms with E-state index in [0.29, 0.717) is 12.2 Å². The Morgan fingerprint density at radius 1 is 1.38 bits per heavy atom. The van der Waals surface area contributed by atoms with Crippen LogP contribution in [0.3, 0.4) is 0 Å². The summed E-state index contributed by atoms with van der Waals surface area (Å²) in [5.74, 6) is -0.262. The van der Waals surface area contributed by atoms with Crippen molar-refractivity contribution in [2.24, 2.45) is 0 Å². The third-order valence-corrected chi connectivity index (χ3v) is 3.19. The van der Waals surface area contributed by atoms with E-state index in [4.69, 9.17) is 9.84 Å². The first-order chi connectivity index (χ1) is 9.76. The van der Waals surface area contributed by atoms with Crippen LogP contribution >= 0.6 is 0 Å². The van der Waals surface area contributed by atoms with Crippen molar-refractivity contribution < 1.29 is 19.7 Å². The molecule has 3 N–H and O–H groups in total. The molecule has 0 aliphatic carbocycles. The van der Waals surface area contributed by atoms with Gasteiger partial charge >= 0.3 is 5.97 Å². The molecule has 0 aliphatic rings. The number of aliphatic carboxylic acids is 1. The van der Waals surface area contributed by atoms with Gasteiger partial charge in [0, 0.05) is 12.5 Å². The third-order valence-electron chi connectivity index (χ3n) is 3.19. The molecule has 0 radical (unpaired) electrons. The molecule has 0 bridgehead atoms. The van der Waals surface area contributed by atoms with Crippen LogP contribution in [0.25, 0.3) is 0 Å². The van der Waals surface area contributed by atoms with Crippen molar-refractivity contribution in [2.45, 2.75) is 58.4 Å². The number of aliphatic hydroxyl groups excluding tert-OH is 1. The molecule has 2 atom stereocenters. The molecule has 0 saturated carbocycles. The summed E-state index contributed by atoms with van der Waals surface area (Å²) in [6.45, 7) is 7.29. The summed E-state index contributed by atoms with van der Waals surface area (Å²) in [4.78, 5) is 11.5. The quantitative estimate of drug-likeness (QED) is 0.685. The van der Waals surface area contributed by atoms with Gasteiger partial charge < -0.3 is 14.9 Å². The molecule has 5 heteroatoms. The maximum absolute atomic E-state index is 11.5. The Bertz CT molecular complexity index is 475. The summed E-state index contributed by atoms with van der Waals surface area (Å²) in [7, 11) is 0. The lowest BCUT2D eigenvalue weighted by Gasteiger charge is -2.31. The summed E-state index contributed by atoms with van der Waals surface area (Å²) in [6, 6.07) is 7.22. The van der Waals surface area contributed by atoms with E-state index in [9.17, 15) is 9.90 Å². The van der Waals surface area contributed by atoms with Crippen molar-refractivity contribution >= 4 is 5.97 Å². The van der Waals surface area contributed by atoms with E-state index in [2.05, 4.69) is 5.32 Å². The van der Waals surface area contributed by atoms with Gasteiger partial charge in [0.1, 0.15) is 11.3 Å². The van der Waals surface area contributed by atoms with Gasteiger partial charge in [-0.2, -0.15) is 0 Å². The highest BCUT2D eigenvalue weighted by Crippen LogP contribution is 2.20. The number of hydrogen-bond acceptors (Lipinski definition) is 4. The molecule has 0 heterocycles. The Balaban J connectivity index is 2.73. The highest BCUT2D eigenvalue weighted by Gasteiger charge is 2.35. The van der Waals surface area contributed by atoms with Crippen LogP contribution in [0.5, 0.6) is 5.75 Å². The molecule has 0 spiro atoms. The smallest absolute Gasteiger partial charge is 0.323 e. The van der Waals surface area contributed by atoms with Gasteiger partial charge in [-0.3, -0.25) is 10.1 Å². The predicted molar refractivity (Wildman–Crippen MR) is 81.4 cm³/mol. The summed E-state index contributed by atoms with van der Waals surface area (Å²) in [5.41, 5.74) is -0.275. The van der Waals surface area contributed by atoms with Crippen LogP contribution in [0, 0.1) is 0 Å². The minimum absolute atomic E-state index is 0.0483. The monoisotopic (exact) mass is 295 g/mol. The topological polar surface area (TPSA) is 78.8 Å². The molecule has 0 aromatic heterocycles. The number of aliphatic hydroxyl groups is 1. The average Bonchev–Trinajstić information content (AvgIpc) is 2.37. The molecule has 118 valence electrons. The molecule has 0 aliphatic heterocycles. The van der Waals surface area contributed by atoms with Crippen LogP contribution < -0.4 is 10.1 Å². The van der Waals surface area contributed by atoms with E-state index in [1.165, 1.54) is 0 Å². The maximum Gasteiger partial charge on any atom is 0.323 e. The van der Waals surface area contributed by atoms with Crippen molar-refractivity contribution in [3.05, 3.63) is 29.8 Å². The Morgan fingerprint density at radius 3 is 2.57 bits per heavy atom. The molecule has 0 fully saturated rings. The lowest BCUT2D eigenvalue weighted by atomic mass is 9.94. The Labute approximate surface area is 125 Å². The van der Waals surface area contributed by atoms with Gasteiger partial charge in [0.25, 0.3) is 0 Å². The standard InChI is InChI=1S/C16H25NO4/c1-11(2)17-16(4,15(19)20)9-12(3)21-14-7-5-6-13(8-14)10-18/h5-8,11-12,17-18H,9-10H2,1-4H3,(H,19,20). The summed E-state index contributed by atoms with van der Waals surface area (Å²) < 4.78 is 5.77. The molecule has 21 heavy (non-hydrogen) atoms. The highest BCUT2D eigenvalue weighted by molar-refractivity contribution is 5.78. The van der Waals surface area contributed by atoms with E-state index in [1.807, 2.05) is 20.8 Å². The maximum atomic E-state index is 11.5. The Hall–Kier alpha value is -1.59. The molecule has 5 nitrogen and oxygen atoms in total. The number of carboxylic acid groups (broad SMARTS) is 1. The molecule has 0 saturated heterocycles. The van der Waals surface area contributed by atoms with Crippen LogP contribution in [-0.2, 0) is 11.4 Å². The van der Waals surface area contributed by atoms with Crippen molar-refractivity contribution in [3.63, 3.8) is 0 Å². The van der Waals surface area contributed by atoms with Crippen LogP contribution in [-0.4, -0.2) is 33.9 Å². The first-order valence-electron chi connectivity index (χ1n) is 7.14. The van der Waals surface area contributed by atoms with Crippen molar-refractivity contribution in [2.75, 3.05) is 0 Å². The molecule has 2 unspecified atom stereocenters. The third kappa shape index (κ3) is 5.36. The summed E-state index contributed by atoms with van der Waals surface area (Å²) in [6.07, 6.45) is 0.0652. The summed E-state index contributed by atoms with van der Waals surface area (Å²) >= 11 is 0. The highest BCUT2D eigenvalue weighted by atomic mass is 16.5. The molecular formula is C16H25NO4. The zero-order chi connectivity index (χ0) is 16.0. The fourth-order valence-electron chi connectivity index (χ4n) is 2.41. The molecule has 0 amide bonds. The van der Waals surface area contributed by atoms with Crippen molar-refractivity contribution in [1.29, 1.82) is 0 Å². The first kappa shape index (κ1) is 17.5. The largest absolute Gasteiger partial charge is 0.491 e. The van der Waals surface area contributed by atoms with Crippen LogP contribution in [0.1, 0.15) is 39.7 Å². The van der Waals surface area contributed by atoms with E-state index in [0.717, 1.165) is 5.56 Å². The number of rotatable bonds is 8. The fourth-order valence-corrected chi connectivity index (χ4v) is 2.41. The molecule has 1 rings (SSSR count). The minimum Gasteiger partial charge on any atom is -0.491 e. The van der Waals surface area contributed by atoms with E-state index in [-0.39, 0.29) is 18.8 Å². The summed E-state index contributed by atoms with van der Waals surface area (Å²) in [5, 5.41) is 21.6. The molecular weight excluding hydrogens is 270 g/mol. The zero-order valence-electron chi connectivity index (χ0n) is 13.1. The zero-order valence-corrected chi connectivity index (χ0v) is 13.1. The SMILES string of the molecule is CC(C)NC(C)(CC(C)Oc1cccc(CO)c1)C(=O)O. The Morgan fingerprint density at radius 2 is 2.05 bits per heavy atom. The normalized spacial score (nSPS) is 15.5. The van der Waals surface area contributed by atoms with Gasteiger partial charge in [-0.25, -0.2) is 0 Å². The average molecular weight is 295 g/mol. The number of carboxylic acids is 1. The minimum atomic E-state index is -1.04. The van der Waals surface area contributed by atoms with Gasteiger partial charge in [0.05, 0.1) is 12.7 Å². The molecule has 1 aromatic rings. The van der Waals surface area contributed by atoms with Crippen LogP contribution in [0.2, 0.25) is 0 Å². The van der Waals surface area contributed by atoms with Gasteiger partial charge in [0.15, 0.2) is 0 Å². The lowest BCUT2D eigenvalue weighted by Crippen LogP contribution is -2.54. The van der Waals surface area contributed by atoms with Gasteiger partial charge in [0.2, 0.25) is 0 Å². The van der Waals surface area contributed by atoms with Crippen molar-refractivity contribution in [1.82, 2.24) is 5.32 Å². The van der Waals surface area contributed by atoms with E-state index in [1.54, 1.807) is 31.2 Å². The van der Waals surface area contributed by atoms with Gasteiger partial charge in [-0.15, -0.1) is 0 Å². The molecule has 1 aromatic carbocycles. The lowest BCUT2D eigenvalue weighted by molar-refractivity contribution is -0.145. The second-order valence-electron chi connectivity index (χ2n) is 5.87. The number of benzene rings is 1. The van der Waals surface area contributed by atoms with Crippen molar-refractivity contribution in [3.8, 4) is 5.75 Å². The Kier molecular flexibility index (Phi) is 6.18. The van der Waals surface area contributed by atoms with Crippen LogP contribution in [0.15, 0.2) is 24.3 Å². The number of nitrogens with one attached hydrogen (secondary N) is 1. The van der Waals surface area contributed by atoms with E-state index >= 15 is 0 Å². The van der Waals surface area contributed by atoms with E-state index < -0.39 is 11.5 Å². The van der Waals surface area contributed by atoms with Gasteiger partial charge in [-0.1, -0.05) is 12.1 Å². The first-order valence-corrected chi connectivity index (χ1v) is 7.14. The number of ether oxygens (including phenoxy) is 1. The van der Waals surface area contributed by atoms with Crippen LogP contribution in [0.4, 0.5) is 0 Å². The second kappa shape index (κ2) is 7.43. The number of carbonyl (C=O) groups is 1. The number of hydrogen-bond donors (Lipinski definition) is 3. The fraction of sp³-hybridized carbons (Fsp3) is 0.562.